The summed E-state index contributed by atoms with van der Waals surface area (Å²) in [4.78, 5) is 0. The predicted octanol–water partition coefficient (Wildman–Crippen LogP) is 1.31. The van der Waals surface area contributed by atoms with E-state index in [1.54, 1.807) is 6.26 Å². The molecule has 66 valence electrons. The van der Waals surface area contributed by atoms with Gasteiger partial charge in [0.1, 0.15) is 6.26 Å². The molecule has 1 aromatic heterocycles. The van der Waals surface area contributed by atoms with Gasteiger partial charge in [-0.05, 0) is 26.3 Å². The largest absolute Gasteiger partial charge is 0.364 e. The Morgan fingerprint density at radius 1 is 1.75 bits per heavy atom. The van der Waals surface area contributed by atoms with Gasteiger partial charge in [-0.1, -0.05) is 5.16 Å². The molecule has 1 unspecified atom stereocenters. The predicted molar refractivity (Wildman–Crippen MR) is 46.1 cm³/mol. The van der Waals surface area contributed by atoms with Crippen LogP contribution in [0.15, 0.2) is 10.8 Å². The van der Waals surface area contributed by atoms with Crippen LogP contribution in [0, 0.1) is 0 Å². The summed E-state index contributed by atoms with van der Waals surface area (Å²) in [6.07, 6.45) is 5.43. The van der Waals surface area contributed by atoms with Crippen molar-refractivity contribution in [3.8, 4) is 0 Å². The number of hydrogen-bond acceptors (Lipinski definition) is 3. The summed E-state index contributed by atoms with van der Waals surface area (Å²) in [6.45, 7) is 1.01. The first-order valence-electron chi connectivity index (χ1n) is 4.49. The van der Waals surface area contributed by atoms with E-state index in [-0.39, 0.29) is 0 Å². The highest BCUT2D eigenvalue weighted by atomic mass is 16.5. The molecular weight excluding hydrogens is 152 g/mol. The third-order valence-corrected chi connectivity index (χ3v) is 2.51. The van der Waals surface area contributed by atoms with Crippen molar-refractivity contribution in [3.63, 3.8) is 0 Å². The molecule has 0 aliphatic heterocycles. The van der Waals surface area contributed by atoms with Crippen LogP contribution in [0.1, 0.15) is 30.0 Å². The van der Waals surface area contributed by atoms with Gasteiger partial charge in [-0.15, -0.1) is 0 Å². The van der Waals surface area contributed by atoms with Gasteiger partial charge in [-0.25, -0.2) is 0 Å². The molecule has 0 saturated heterocycles. The molecule has 2 rings (SSSR count). The third kappa shape index (κ3) is 1.25. The molecule has 1 aromatic rings. The van der Waals surface area contributed by atoms with Crippen molar-refractivity contribution in [1.82, 2.24) is 10.5 Å². The number of fused-ring (bicyclic) bond motifs is 1. The van der Waals surface area contributed by atoms with Gasteiger partial charge < -0.3 is 9.84 Å². The SMILES string of the molecule is CNCC1CCCc2conc21. The Kier molecular flexibility index (Phi) is 2.13. The van der Waals surface area contributed by atoms with Crippen LogP contribution >= 0.6 is 0 Å². The van der Waals surface area contributed by atoms with Crippen LogP contribution in [-0.4, -0.2) is 18.7 Å². The lowest BCUT2D eigenvalue weighted by atomic mass is 9.88. The van der Waals surface area contributed by atoms with E-state index >= 15 is 0 Å². The standard InChI is InChI=1S/C9H14N2O/c1-10-5-7-3-2-4-8-6-12-11-9(7)8/h6-7,10H,2-5H2,1H3. The lowest BCUT2D eigenvalue weighted by Gasteiger charge is -2.19. The van der Waals surface area contributed by atoms with Crippen LogP contribution in [-0.2, 0) is 6.42 Å². The molecule has 0 bridgehead atoms. The molecule has 0 radical (unpaired) electrons. The van der Waals surface area contributed by atoms with Gasteiger partial charge >= 0.3 is 0 Å². The minimum Gasteiger partial charge on any atom is -0.364 e. The highest BCUT2D eigenvalue weighted by Gasteiger charge is 2.22. The summed E-state index contributed by atoms with van der Waals surface area (Å²) >= 11 is 0. The van der Waals surface area contributed by atoms with Crippen molar-refractivity contribution in [3.05, 3.63) is 17.5 Å². The Morgan fingerprint density at radius 3 is 3.50 bits per heavy atom. The first-order chi connectivity index (χ1) is 5.92. The van der Waals surface area contributed by atoms with Gasteiger partial charge in [0.05, 0.1) is 5.69 Å². The maximum atomic E-state index is 4.97. The van der Waals surface area contributed by atoms with Crippen molar-refractivity contribution < 1.29 is 4.52 Å². The number of rotatable bonds is 2. The average Bonchev–Trinajstić information content (AvgIpc) is 2.53. The Labute approximate surface area is 72.1 Å². The minimum atomic E-state index is 0.567. The van der Waals surface area contributed by atoms with Crippen molar-refractivity contribution in [2.45, 2.75) is 25.2 Å². The minimum absolute atomic E-state index is 0.567. The molecule has 3 heteroatoms. The van der Waals surface area contributed by atoms with Gasteiger partial charge in [-0.3, -0.25) is 0 Å². The third-order valence-electron chi connectivity index (χ3n) is 2.51. The van der Waals surface area contributed by atoms with E-state index in [0.29, 0.717) is 5.92 Å². The number of aryl methyl sites for hydroxylation is 1. The fourth-order valence-corrected chi connectivity index (χ4v) is 1.91. The fraction of sp³-hybridized carbons (Fsp3) is 0.667. The van der Waals surface area contributed by atoms with E-state index in [2.05, 4.69) is 10.5 Å². The van der Waals surface area contributed by atoms with Crippen LogP contribution in [0.4, 0.5) is 0 Å². The Bertz CT molecular complexity index is 257. The summed E-state index contributed by atoms with van der Waals surface area (Å²) in [7, 11) is 1.98. The van der Waals surface area contributed by atoms with Gasteiger partial charge in [0.25, 0.3) is 0 Å². The molecular formula is C9H14N2O. The first-order valence-corrected chi connectivity index (χ1v) is 4.49. The highest BCUT2D eigenvalue weighted by molar-refractivity contribution is 5.22. The van der Waals surface area contributed by atoms with Crippen molar-refractivity contribution in [2.75, 3.05) is 13.6 Å². The topological polar surface area (TPSA) is 38.1 Å². The second-order valence-corrected chi connectivity index (χ2v) is 3.37. The Hall–Kier alpha value is -0.830. The summed E-state index contributed by atoms with van der Waals surface area (Å²) in [6, 6.07) is 0. The van der Waals surface area contributed by atoms with Crippen LogP contribution < -0.4 is 5.32 Å². The zero-order chi connectivity index (χ0) is 8.39. The van der Waals surface area contributed by atoms with Crippen LogP contribution in [0.25, 0.3) is 0 Å². The molecule has 12 heavy (non-hydrogen) atoms. The van der Waals surface area contributed by atoms with Crippen molar-refractivity contribution in [2.24, 2.45) is 0 Å². The normalized spacial score (nSPS) is 22.2. The molecule has 0 amide bonds. The average molecular weight is 166 g/mol. The molecule has 1 aliphatic carbocycles. The maximum absolute atomic E-state index is 4.97. The van der Waals surface area contributed by atoms with E-state index in [9.17, 15) is 0 Å². The first kappa shape index (κ1) is 7.80. The van der Waals surface area contributed by atoms with E-state index in [1.807, 2.05) is 7.05 Å². The number of nitrogens with one attached hydrogen (secondary N) is 1. The molecule has 3 nitrogen and oxygen atoms in total. The summed E-state index contributed by atoms with van der Waals surface area (Å²) < 4.78 is 4.97. The maximum Gasteiger partial charge on any atom is 0.127 e. The zero-order valence-electron chi connectivity index (χ0n) is 7.34. The van der Waals surface area contributed by atoms with E-state index in [1.165, 1.54) is 24.1 Å². The molecule has 0 saturated carbocycles. The van der Waals surface area contributed by atoms with E-state index in [0.717, 1.165) is 13.0 Å². The molecule has 0 aromatic carbocycles. The second-order valence-electron chi connectivity index (χ2n) is 3.37. The smallest absolute Gasteiger partial charge is 0.127 e. The molecule has 1 atom stereocenters. The van der Waals surface area contributed by atoms with Crippen molar-refractivity contribution >= 4 is 0 Å². The number of likely N-dealkylation sites (N-methyl/N-ethyl adjacent to an activating group) is 1. The summed E-state index contributed by atoms with van der Waals surface area (Å²) in [5.74, 6) is 0.567. The summed E-state index contributed by atoms with van der Waals surface area (Å²) in [5.41, 5.74) is 2.48. The summed E-state index contributed by atoms with van der Waals surface area (Å²) in [5, 5.41) is 7.23. The lowest BCUT2D eigenvalue weighted by Crippen LogP contribution is -2.21. The zero-order valence-corrected chi connectivity index (χ0v) is 7.34. The quantitative estimate of drug-likeness (QED) is 0.720. The lowest BCUT2D eigenvalue weighted by molar-refractivity contribution is 0.400. The van der Waals surface area contributed by atoms with Crippen LogP contribution in [0.2, 0.25) is 0 Å². The number of aromatic nitrogens is 1. The second kappa shape index (κ2) is 3.27. The molecule has 0 spiro atoms. The van der Waals surface area contributed by atoms with Gasteiger partial charge in [0.15, 0.2) is 0 Å². The Balaban J connectivity index is 2.19. The monoisotopic (exact) mass is 166 g/mol. The fourth-order valence-electron chi connectivity index (χ4n) is 1.91. The van der Waals surface area contributed by atoms with Gasteiger partial charge in [-0.2, -0.15) is 0 Å². The molecule has 0 fully saturated rings. The Morgan fingerprint density at radius 2 is 2.67 bits per heavy atom. The highest BCUT2D eigenvalue weighted by Crippen LogP contribution is 2.29. The molecule has 1 heterocycles. The van der Waals surface area contributed by atoms with Gasteiger partial charge in [0, 0.05) is 18.0 Å². The van der Waals surface area contributed by atoms with Crippen LogP contribution in [0.5, 0.6) is 0 Å². The molecule has 1 aliphatic rings. The molecule has 1 N–H and O–H groups in total. The number of nitrogens with zero attached hydrogens (tertiary/aromatic N) is 1. The van der Waals surface area contributed by atoms with Crippen molar-refractivity contribution in [1.29, 1.82) is 0 Å². The van der Waals surface area contributed by atoms with E-state index in [4.69, 9.17) is 4.52 Å². The number of hydrogen-bond donors (Lipinski definition) is 1. The van der Waals surface area contributed by atoms with Gasteiger partial charge in [0.2, 0.25) is 0 Å². The van der Waals surface area contributed by atoms with Crippen LogP contribution in [0.3, 0.4) is 0 Å². The van der Waals surface area contributed by atoms with E-state index < -0.39 is 0 Å².